The van der Waals surface area contributed by atoms with Crippen LogP contribution in [0.1, 0.15) is 37.1 Å². The lowest BCUT2D eigenvalue weighted by molar-refractivity contribution is -0.806. The number of quaternary nitrogens is 1. The molecule has 0 fully saturated rings. The van der Waals surface area contributed by atoms with Crippen LogP contribution in [0.15, 0.2) is 36.5 Å². The van der Waals surface area contributed by atoms with E-state index in [1.807, 2.05) is 44.2 Å². The number of thioether (sulfide) groups is 1. The number of benzene rings is 1. The summed E-state index contributed by atoms with van der Waals surface area (Å²) in [5.41, 5.74) is 3.70. The zero-order chi connectivity index (χ0) is 18.4. The zero-order valence-corrected chi connectivity index (χ0v) is 16.1. The maximum atomic E-state index is 12.9. The van der Waals surface area contributed by atoms with E-state index in [4.69, 9.17) is 0 Å². The highest BCUT2D eigenvalue weighted by Crippen LogP contribution is 2.28. The van der Waals surface area contributed by atoms with Crippen LogP contribution in [0, 0.1) is 5.21 Å². The number of carboxylic acid groups (broad SMARTS) is 1. The van der Waals surface area contributed by atoms with E-state index in [9.17, 15) is 15.1 Å². The third-order valence-electron chi connectivity index (χ3n) is 3.73. The molecule has 1 aromatic heterocycles. The molecule has 0 aliphatic rings. The number of amides is 1. The molecule has 0 spiro atoms. The van der Waals surface area contributed by atoms with E-state index in [2.05, 4.69) is 10.4 Å². The lowest BCUT2D eigenvalue weighted by Gasteiger charge is -2.39. The topological polar surface area (TPSA) is 85.3 Å². The summed E-state index contributed by atoms with van der Waals surface area (Å²) in [6.07, 6.45) is 0.215. The molecule has 0 bridgehead atoms. The van der Waals surface area contributed by atoms with Crippen LogP contribution >= 0.6 is 23.1 Å². The van der Waals surface area contributed by atoms with E-state index >= 15 is 0 Å². The van der Waals surface area contributed by atoms with Gasteiger partial charge in [0.05, 0.1) is 0 Å². The van der Waals surface area contributed by atoms with Crippen molar-refractivity contribution in [2.45, 2.75) is 38.5 Å². The SMILES string of the molecule is CC(C)c1cnc(N[N+]([O-])(C(=O)O)C(C)CSCc2ccccc2)s1. The minimum absolute atomic E-state index is 0.283. The Morgan fingerprint density at radius 1 is 1.36 bits per heavy atom. The summed E-state index contributed by atoms with van der Waals surface area (Å²) >= 11 is 2.86. The number of nitrogens with zero attached hydrogens (tertiary/aromatic N) is 2. The maximum Gasteiger partial charge on any atom is 0.539 e. The van der Waals surface area contributed by atoms with Crippen molar-refractivity contribution in [2.24, 2.45) is 0 Å². The second-order valence-corrected chi connectivity index (χ2v) is 8.22. The standard InChI is InChI=1S/C17H23N3O3S2/c1-12(2)15-9-18-16(25-15)19-20(23,17(21)22)13(3)10-24-11-14-7-5-4-6-8-14/h4-9,12-13H,10-11H2,1-3H3,(H,18,19)(H,21,22). The Kier molecular flexibility index (Phi) is 6.83. The van der Waals surface area contributed by atoms with Gasteiger partial charge in [-0.05, 0) is 18.4 Å². The predicted molar refractivity (Wildman–Crippen MR) is 104 cm³/mol. The zero-order valence-electron chi connectivity index (χ0n) is 14.5. The van der Waals surface area contributed by atoms with E-state index in [0.717, 1.165) is 16.2 Å². The van der Waals surface area contributed by atoms with Crippen LogP contribution in [0.25, 0.3) is 0 Å². The highest BCUT2D eigenvalue weighted by atomic mass is 32.2. The Hall–Kier alpha value is -1.61. The largest absolute Gasteiger partial charge is 0.596 e. The smallest absolute Gasteiger partial charge is 0.539 e. The van der Waals surface area contributed by atoms with Crippen molar-refractivity contribution in [2.75, 3.05) is 11.2 Å². The molecule has 1 heterocycles. The summed E-state index contributed by atoms with van der Waals surface area (Å²) < 4.78 is -1.53. The quantitative estimate of drug-likeness (QED) is 0.499. The van der Waals surface area contributed by atoms with Gasteiger partial charge >= 0.3 is 6.09 Å². The molecule has 0 aliphatic carbocycles. The van der Waals surface area contributed by atoms with Gasteiger partial charge < -0.3 is 10.3 Å². The molecule has 0 radical (unpaired) electrons. The van der Waals surface area contributed by atoms with Crippen molar-refractivity contribution >= 4 is 34.3 Å². The Bertz CT molecular complexity index is 693. The molecule has 0 saturated heterocycles. The number of hydrogen-bond donors (Lipinski definition) is 2. The normalized spacial score (nSPS) is 14.9. The molecule has 8 heteroatoms. The van der Waals surface area contributed by atoms with Gasteiger partial charge in [0.25, 0.3) is 0 Å². The summed E-state index contributed by atoms with van der Waals surface area (Å²) in [6.45, 7) is 5.69. The number of rotatable bonds is 8. The maximum absolute atomic E-state index is 12.9. The molecule has 2 aromatic rings. The summed E-state index contributed by atoms with van der Waals surface area (Å²) in [5.74, 6) is 1.44. The minimum atomic E-state index is -1.53. The van der Waals surface area contributed by atoms with E-state index < -0.39 is 16.9 Å². The average molecular weight is 382 g/mol. The lowest BCUT2D eigenvalue weighted by atomic mass is 10.2. The van der Waals surface area contributed by atoms with Crippen molar-refractivity contribution in [1.82, 2.24) is 4.98 Å². The van der Waals surface area contributed by atoms with Gasteiger partial charge in [-0.25, -0.2) is 4.98 Å². The molecule has 2 N–H and O–H groups in total. The second kappa shape index (κ2) is 8.66. The van der Waals surface area contributed by atoms with Gasteiger partial charge in [0, 0.05) is 22.6 Å². The molecule has 1 amide bonds. The van der Waals surface area contributed by atoms with E-state index in [1.54, 1.807) is 24.9 Å². The Labute approximate surface area is 156 Å². The molecule has 1 aromatic carbocycles. The number of aromatic nitrogens is 1. The van der Waals surface area contributed by atoms with Gasteiger partial charge in [-0.2, -0.15) is 26.7 Å². The van der Waals surface area contributed by atoms with Gasteiger partial charge in [-0.15, -0.1) is 0 Å². The highest BCUT2D eigenvalue weighted by Gasteiger charge is 2.35. The van der Waals surface area contributed by atoms with Gasteiger partial charge in [0.1, 0.15) is 6.04 Å². The first-order valence-corrected chi connectivity index (χ1v) is 9.99. The first-order valence-electron chi connectivity index (χ1n) is 8.02. The number of nitrogens with one attached hydrogen (secondary N) is 1. The Morgan fingerprint density at radius 3 is 2.60 bits per heavy atom. The van der Waals surface area contributed by atoms with Crippen molar-refractivity contribution < 1.29 is 14.7 Å². The molecule has 2 rings (SSSR count). The third-order valence-corrected chi connectivity index (χ3v) is 6.19. The van der Waals surface area contributed by atoms with Crippen LogP contribution in [-0.4, -0.2) is 32.7 Å². The fourth-order valence-corrected chi connectivity index (χ4v) is 4.07. The summed E-state index contributed by atoms with van der Waals surface area (Å²) in [5, 5.41) is 22.7. The van der Waals surface area contributed by atoms with E-state index in [-0.39, 0.29) is 5.92 Å². The fourth-order valence-electron chi connectivity index (χ4n) is 2.12. The van der Waals surface area contributed by atoms with Crippen LogP contribution in [0.2, 0.25) is 0 Å². The number of hydrogen-bond acceptors (Lipinski definition) is 6. The Morgan fingerprint density at radius 2 is 2.04 bits per heavy atom. The summed E-state index contributed by atoms with van der Waals surface area (Å²) in [4.78, 5) is 16.7. The first kappa shape index (κ1) is 19.7. The van der Waals surface area contributed by atoms with Crippen LogP contribution in [-0.2, 0) is 5.75 Å². The molecule has 2 atom stereocenters. The van der Waals surface area contributed by atoms with Crippen LogP contribution in [0.4, 0.5) is 9.93 Å². The molecule has 6 nitrogen and oxygen atoms in total. The molecule has 136 valence electrons. The number of hydroxylamine groups is 2. The third kappa shape index (κ3) is 5.18. The number of thiazole rings is 1. The monoisotopic (exact) mass is 381 g/mol. The van der Waals surface area contributed by atoms with Crippen LogP contribution in [0.5, 0.6) is 0 Å². The van der Waals surface area contributed by atoms with Crippen LogP contribution in [0.3, 0.4) is 0 Å². The Balaban J connectivity index is 2.00. The molecule has 25 heavy (non-hydrogen) atoms. The fraction of sp³-hybridized carbons (Fsp3) is 0.412. The molecule has 0 aliphatic heterocycles. The van der Waals surface area contributed by atoms with E-state index in [1.165, 1.54) is 11.3 Å². The van der Waals surface area contributed by atoms with Gasteiger partial charge in [-0.1, -0.05) is 55.5 Å². The first-order chi connectivity index (χ1) is 11.8. The molecular weight excluding hydrogens is 358 g/mol. The highest BCUT2D eigenvalue weighted by molar-refractivity contribution is 7.98. The molecule has 0 saturated carbocycles. The van der Waals surface area contributed by atoms with Gasteiger partial charge in [0.2, 0.25) is 5.13 Å². The summed E-state index contributed by atoms with van der Waals surface area (Å²) in [6, 6.07) is 9.22. The number of carbonyl (C=O) groups is 1. The van der Waals surface area contributed by atoms with E-state index in [0.29, 0.717) is 10.9 Å². The minimum Gasteiger partial charge on any atom is -0.596 e. The van der Waals surface area contributed by atoms with Crippen molar-refractivity contribution in [1.29, 1.82) is 0 Å². The van der Waals surface area contributed by atoms with Crippen molar-refractivity contribution in [3.05, 3.63) is 52.2 Å². The van der Waals surface area contributed by atoms with Crippen molar-refractivity contribution in [3.8, 4) is 0 Å². The molecule has 2 unspecified atom stereocenters. The lowest BCUT2D eigenvalue weighted by Crippen LogP contribution is -2.58. The second-order valence-electron chi connectivity index (χ2n) is 6.12. The van der Waals surface area contributed by atoms with Gasteiger partial charge in [0.15, 0.2) is 0 Å². The average Bonchev–Trinajstić information content (AvgIpc) is 3.04. The molecular formula is C17H23N3O3S2. The number of anilines is 1. The van der Waals surface area contributed by atoms with Crippen LogP contribution < -0.4 is 5.43 Å². The predicted octanol–water partition coefficient (Wildman–Crippen LogP) is 4.91. The van der Waals surface area contributed by atoms with Crippen molar-refractivity contribution in [3.63, 3.8) is 0 Å². The summed E-state index contributed by atoms with van der Waals surface area (Å²) in [7, 11) is 0. The van der Waals surface area contributed by atoms with Gasteiger partial charge in [-0.3, -0.25) is 0 Å².